The van der Waals surface area contributed by atoms with Gasteiger partial charge in [-0.2, -0.15) is 0 Å². The maximum absolute atomic E-state index is 13.3. The molecular weight excluding hydrogens is 434 g/mol. The average Bonchev–Trinajstić information content (AvgIpc) is 3.10. The van der Waals surface area contributed by atoms with E-state index in [4.69, 9.17) is 4.74 Å². The minimum Gasteiger partial charge on any atom is -0.379 e. The van der Waals surface area contributed by atoms with Gasteiger partial charge in [-0.15, -0.1) is 5.10 Å². The number of carbonyl (C=O) groups is 1. The lowest BCUT2D eigenvalue weighted by molar-refractivity contribution is -0.117. The number of nitrogens with one attached hydrogen (secondary N) is 1. The molecule has 0 aliphatic carbocycles. The molecule has 0 aliphatic rings. The summed E-state index contributed by atoms with van der Waals surface area (Å²) in [4.78, 5) is 39.2. The van der Waals surface area contributed by atoms with Crippen LogP contribution in [0.15, 0.2) is 52.1 Å². The van der Waals surface area contributed by atoms with Crippen LogP contribution in [-0.2, 0) is 22.6 Å². The highest BCUT2D eigenvalue weighted by molar-refractivity contribution is 5.91. The predicted octanol–water partition coefficient (Wildman–Crippen LogP) is 2.88. The van der Waals surface area contributed by atoms with E-state index in [-0.39, 0.29) is 29.9 Å². The fraction of sp³-hybridized carbons (Fsp3) is 0.360. The second kappa shape index (κ2) is 9.64. The van der Waals surface area contributed by atoms with Crippen molar-refractivity contribution in [2.75, 3.05) is 11.9 Å². The molecule has 9 nitrogen and oxygen atoms in total. The Balaban J connectivity index is 1.71. The standard InChI is InChI=1S/C25H29N5O4/c1-16(2)34-13-7-12-28-23(32)19-8-5-6-9-21(19)30-24(28)27-29(25(30)33)15-22(31)26-20-11-10-17(3)14-18(20)4/h5-6,8-11,14,16H,7,12-13,15H2,1-4H3,(H,26,31). The number of hydrogen-bond acceptors (Lipinski definition) is 5. The van der Waals surface area contributed by atoms with E-state index in [1.807, 2.05) is 45.9 Å². The molecule has 0 fully saturated rings. The van der Waals surface area contributed by atoms with E-state index >= 15 is 0 Å². The van der Waals surface area contributed by atoms with E-state index in [1.165, 1.54) is 8.97 Å². The molecule has 0 saturated carbocycles. The maximum Gasteiger partial charge on any atom is 0.352 e. The third-order valence-electron chi connectivity index (χ3n) is 5.61. The molecule has 178 valence electrons. The van der Waals surface area contributed by atoms with Crippen LogP contribution >= 0.6 is 0 Å². The summed E-state index contributed by atoms with van der Waals surface area (Å²) in [6, 6.07) is 12.6. The normalized spacial score (nSPS) is 11.6. The van der Waals surface area contributed by atoms with E-state index < -0.39 is 5.69 Å². The molecule has 1 amide bonds. The summed E-state index contributed by atoms with van der Waals surface area (Å²) < 4.78 is 9.57. The Morgan fingerprint density at radius 1 is 1.12 bits per heavy atom. The van der Waals surface area contributed by atoms with Gasteiger partial charge in [0.15, 0.2) is 0 Å². The summed E-state index contributed by atoms with van der Waals surface area (Å²) >= 11 is 0. The quantitative estimate of drug-likeness (QED) is 0.405. The highest BCUT2D eigenvalue weighted by Crippen LogP contribution is 2.16. The van der Waals surface area contributed by atoms with Gasteiger partial charge in [0.25, 0.3) is 5.56 Å². The van der Waals surface area contributed by atoms with Gasteiger partial charge in [-0.05, 0) is 57.9 Å². The minimum atomic E-state index is -0.478. The first-order chi connectivity index (χ1) is 16.3. The molecule has 0 radical (unpaired) electrons. The van der Waals surface area contributed by atoms with Crippen LogP contribution in [0.4, 0.5) is 5.69 Å². The van der Waals surface area contributed by atoms with E-state index in [0.717, 1.165) is 15.8 Å². The molecule has 0 atom stereocenters. The van der Waals surface area contributed by atoms with Gasteiger partial charge < -0.3 is 10.1 Å². The number of amides is 1. The Kier molecular flexibility index (Phi) is 6.65. The van der Waals surface area contributed by atoms with Gasteiger partial charge in [0.05, 0.1) is 17.0 Å². The van der Waals surface area contributed by atoms with Crippen LogP contribution in [0.25, 0.3) is 16.7 Å². The summed E-state index contributed by atoms with van der Waals surface area (Å²) in [7, 11) is 0. The zero-order chi connectivity index (χ0) is 24.4. The number of fused-ring (bicyclic) bond motifs is 3. The van der Waals surface area contributed by atoms with E-state index in [0.29, 0.717) is 36.2 Å². The first kappa shape index (κ1) is 23.4. The van der Waals surface area contributed by atoms with Crippen molar-refractivity contribution >= 4 is 28.3 Å². The number of carbonyl (C=O) groups excluding carboxylic acids is 1. The second-order valence-corrected chi connectivity index (χ2v) is 8.69. The number of para-hydroxylation sites is 1. The lowest BCUT2D eigenvalue weighted by Crippen LogP contribution is -2.29. The fourth-order valence-electron chi connectivity index (χ4n) is 3.99. The highest BCUT2D eigenvalue weighted by Gasteiger charge is 2.18. The van der Waals surface area contributed by atoms with Crippen molar-refractivity contribution in [2.45, 2.75) is 53.3 Å². The average molecular weight is 464 g/mol. The number of nitrogens with zero attached hydrogens (tertiary/aromatic N) is 4. The Morgan fingerprint density at radius 2 is 1.88 bits per heavy atom. The van der Waals surface area contributed by atoms with Crippen LogP contribution in [-0.4, -0.2) is 37.4 Å². The number of aromatic nitrogens is 4. The van der Waals surface area contributed by atoms with Crippen LogP contribution in [0.2, 0.25) is 0 Å². The Morgan fingerprint density at radius 3 is 2.62 bits per heavy atom. The Bertz CT molecular complexity index is 1480. The molecule has 34 heavy (non-hydrogen) atoms. The monoisotopic (exact) mass is 463 g/mol. The lowest BCUT2D eigenvalue weighted by Gasteiger charge is -2.11. The molecule has 0 bridgehead atoms. The smallest absolute Gasteiger partial charge is 0.352 e. The Labute approximate surface area is 196 Å². The highest BCUT2D eigenvalue weighted by atomic mass is 16.5. The zero-order valence-corrected chi connectivity index (χ0v) is 19.9. The topological polar surface area (TPSA) is 99.6 Å². The largest absolute Gasteiger partial charge is 0.379 e. The van der Waals surface area contributed by atoms with Gasteiger partial charge in [-0.3, -0.25) is 14.2 Å². The minimum absolute atomic E-state index is 0.0888. The number of rotatable bonds is 8. The molecule has 0 aliphatic heterocycles. The van der Waals surface area contributed by atoms with E-state index in [2.05, 4.69) is 10.4 Å². The van der Waals surface area contributed by atoms with Crippen LogP contribution in [0.3, 0.4) is 0 Å². The molecule has 0 saturated heterocycles. The van der Waals surface area contributed by atoms with Gasteiger partial charge in [0, 0.05) is 18.8 Å². The summed E-state index contributed by atoms with van der Waals surface area (Å²) in [5, 5.41) is 7.64. The van der Waals surface area contributed by atoms with Crippen LogP contribution in [0.1, 0.15) is 31.4 Å². The summed E-state index contributed by atoms with van der Waals surface area (Å²) in [5.74, 6) is -0.168. The van der Waals surface area contributed by atoms with Gasteiger partial charge in [-0.1, -0.05) is 29.8 Å². The van der Waals surface area contributed by atoms with Gasteiger partial charge in [0.2, 0.25) is 11.7 Å². The number of aryl methyl sites for hydroxylation is 3. The maximum atomic E-state index is 13.3. The van der Waals surface area contributed by atoms with Gasteiger partial charge >= 0.3 is 5.69 Å². The molecule has 2 heterocycles. The fourth-order valence-corrected chi connectivity index (χ4v) is 3.99. The molecule has 1 N–H and O–H groups in total. The second-order valence-electron chi connectivity index (χ2n) is 8.69. The molecule has 2 aromatic carbocycles. The van der Waals surface area contributed by atoms with Crippen LogP contribution in [0.5, 0.6) is 0 Å². The third-order valence-corrected chi connectivity index (χ3v) is 5.61. The first-order valence-electron chi connectivity index (χ1n) is 11.4. The van der Waals surface area contributed by atoms with E-state index in [9.17, 15) is 14.4 Å². The number of benzene rings is 2. The summed E-state index contributed by atoms with van der Waals surface area (Å²) in [5.41, 5.74) is 2.46. The molecule has 4 rings (SSSR count). The van der Waals surface area contributed by atoms with Crippen LogP contribution in [0, 0.1) is 13.8 Å². The number of hydrogen-bond donors (Lipinski definition) is 1. The van der Waals surface area contributed by atoms with Gasteiger partial charge in [-0.25, -0.2) is 13.9 Å². The van der Waals surface area contributed by atoms with Crippen molar-refractivity contribution in [3.8, 4) is 0 Å². The molecular formula is C25H29N5O4. The molecule has 2 aromatic heterocycles. The number of anilines is 1. The van der Waals surface area contributed by atoms with Crippen molar-refractivity contribution in [3.05, 3.63) is 74.4 Å². The Hall–Kier alpha value is -3.72. The van der Waals surface area contributed by atoms with Crippen molar-refractivity contribution in [3.63, 3.8) is 0 Å². The molecule has 0 spiro atoms. The van der Waals surface area contributed by atoms with Crippen molar-refractivity contribution in [2.24, 2.45) is 0 Å². The third kappa shape index (κ3) is 4.65. The zero-order valence-electron chi connectivity index (χ0n) is 19.9. The molecule has 0 unspecified atom stereocenters. The molecule has 4 aromatic rings. The predicted molar refractivity (Wildman–Crippen MR) is 131 cm³/mol. The number of ether oxygens (including phenoxy) is 1. The molecule has 9 heteroatoms. The van der Waals surface area contributed by atoms with Crippen molar-refractivity contribution in [1.82, 2.24) is 18.7 Å². The first-order valence-corrected chi connectivity index (χ1v) is 11.4. The lowest BCUT2D eigenvalue weighted by atomic mass is 10.1. The summed E-state index contributed by atoms with van der Waals surface area (Å²) in [6.45, 7) is 8.33. The van der Waals surface area contributed by atoms with Crippen molar-refractivity contribution < 1.29 is 9.53 Å². The van der Waals surface area contributed by atoms with Gasteiger partial charge in [0.1, 0.15) is 6.54 Å². The van der Waals surface area contributed by atoms with Crippen LogP contribution < -0.4 is 16.6 Å². The van der Waals surface area contributed by atoms with E-state index in [1.54, 1.807) is 24.3 Å². The summed E-state index contributed by atoms with van der Waals surface area (Å²) in [6.07, 6.45) is 0.672. The van der Waals surface area contributed by atoms with Crippen molar-refractivity contribution in [1.29, 1.82) is 0 Å². The SMILES string of the molecule is Cc1ccc(NC(=O)Cn2nc3n(CCCOC(C)C)c(=O)c4ccccc4n3c2=O)c(C)c1.